The molecule has 5 aromatic rings. The van der Waals surface area contributed by atoms with Gasteiger partial charge in [0.15, 0.2) is 0 Å². The standard InChI is InChI=1S/C34H29N5O/c1-23-4-2-5-27-15-19-38-33(32(23)27)39(30-6-3-16-37-22-30)34(40)28-11-12-29(21-35)31(20-28)26-9-7-24(8-10-26)25-13-17-36-18-14-25/h2,4-5,7-15,17-20,30,37H,3,6,16,22H2,1H3/t30-/m1/s1. The second-order valence-electron chi connectivity index (χ2n) is 10.2. The number of benzene rings is 3. The Balaban J connectivity index is 1.43. The molecule has 1 amide bonds. The third kappa shape index (κ3) is 4.84. The number of carbonyl (C=O) groups excluding carboxylic acids is 1. The van der Waals surface area contributed by atoms with Gasteiger partial charge in [-0.25, -0.2) is 4.98 Å². The molecule has 1 saturated heterocycles. The lowest BCUT2D eigenvalue weighted by Gasteiger charge is -2.35. The summed E-state index contributed by atoms with van der Waals surface area (Å²) in [6.45, 7) is 3.71. The van der Waals surface area contributed by atoms with Gasteiger partial charge < -0.3 is 5.32 Å². The molecule has 6 heteroatoms. The van der Waals surface area contributed by atoms with Gasteiger partial charge in [-0.3, -0.25) is 14.7 Å². The fraction of sp³-hybridized carbons (Fsp3) is 0.176. The van der Waals surface area contributed by atoms with Gasteiger partial charge in [0, 0.05) is 41.6 Å². The van der Waals surface area contributed by atoms with Crippen molar-refractivity contribution in [2.45, 2.75) is 25.8 Å². The van der Waals surface area contributed by atoms with Crippen LogP contribution in [0.25, 0.3) is 33.0 Å². The quantitative estimate of drug-likeness (QED) is 0.283. The van der Waals surface area contributed by atoms with Crippen LogP contribution in [0, 0.1) is 18.3 Å². The summed E-state index contributed by atoms with van der Waals surface area (Å²) in [7, 11) is 0. The number of nitrogens with zero attached hydrogens (tertiary/aromatic N) is 4. The van der Waals surface area contributed by atoms with Gasteiger partial charge in [0.1, 0.15) is 5.82 Å². The summed E-state index contributed by atoms with van der Waals surface area (Å²) in [5.41, 5.74) is 5.89. The molecular formula is C34H29N5O. The molecule has 1 fully saturated rings. The average molecular weight is 524 g/mol. The summed E-state index contributed by atoms with van der Waals surface area (Å²) in [6, 6.07) is 27.8. The van der Waals surface area contributed by atoms with Crippen molar-refractivity contribution >= 4 is 22.5 Å². The number of anilines is 1. The molecule has 3 aromatic carbocycles. The van der Waals surface area contributed by atoms with Crippen molar-refractivity contribution in [2.75, 3.05) is 18.0 Å². The Morgan fingerprint density at radius 2 is 1.73 bits per heavy atom. The summed E-state index contributed by atoms with van der Waals surface area (Å²) in [6.07, 6.45) is 7.20. The van der Waals surface area contributed by atoms with Gasteiger partial charge in [0.25, 0.3) is 5.91 Å². The number of hydrogen-bond donors (Lipinski definition) is 1. The number of nitrogens with one attached hydrogen (secondary N) is 1. The molecule has 1 atom stereocenters. The van der Waals surface area contributed by atoms with Crippen molar-refractivity contribution in [1.82, 2.24) is 15.3 Å². The molecule has 1 aliphatic rings. The fourth-order valence-corrected chi connectivity index (χ4v) is 5.60. The SMILES string of the molecule is Cc1cccc2ccnc(N(C(=O)c3ccc(C#N)c(-c4ccc(-c5ccncc5)cc4)c3)[C@@H]3CCCNC3)c12. The lowest BCUT2D eigenvalue weighted by Crippen LogP contribution is -2.49. The molecule has 2 aromatic heterocycles. The van der Waals surface area contributed by atoms with Gasteiger partial charge >= 0.3 is 0 Å². The van der Waals surface area contributed by atoms with E-state index in [4.69, 9.17) is 4.98 Å². The first kappa shape index (κ1) is 25.4. The molecule has 0 saturated carbocycles. The number of fused-ring (bicyclic) bond motifs is 1. The zero-order valence-electron chi connectivity index (χ0n) is 22.3. The molecule has 40 heavy (non-hydrogen) atoms. The molecule has 6 rings (SSSR count). The van der Waals surface area contributed by atoms with Crippen LogP contribution in [0.2, 0.25) is 0 Å². The van der Waals surface area contributed by atoms with Gasteiger partial charge in [-0.2, -0.15) is 5.26 Å². The summed E-state index contributed by atoms with van der Waals surface area (Å²) in [5.74, 6) is 0.568. The van der Waals surface area contributed by atoms with Gasteiger partial charge in [-0.05, 0) is 90.3 Å². The van der Waals surface area contributed by atoms with Crippen LogP contribution in [-0.4, -0.2) is 35.0 Å². The van der Waals surface area contributed by atoms with Crippen LogP contribution in [-0.2, 0) is 0 Å². The van der Waals surface area contributed by atoms with Crippen molar-refractivity contribution < 1.29 is 4.79 Å². The number of amides is 1. The van der Waals surface area contributed by atoms with Crippen LogP contribution in [0.1, 0.15) is 34.3 Å². The normalized spacial score (nSPS) is 14.9. The molecular weight excluding hydrogens is 494 g/mol. The van der Waals surface area contributed by atoms with E-state index < -0.39 is 0 Å². The van der Waals surface area contributed by atoms with Crippen molar-refractivity contribution in [3.63, 3.8) is 0 Å². The van der Waals surface area contributed by atoms with Crippen LogP contribution < -0.4 is 10.2 Å². The lowest BCUT2D eigenvalue weighted by atomic mass is 9.95. The summed E-state index contributed by atoms with van der Waals surface area (Å²) >= 11 is 0. The Labute approximate surface area is 234 Å². The van der Waals surface area contributed by atoms with Crippen LogP contribution >= 0.6 is 0 Å². The average Bonchev–Trinajstić information content (AvgIpc) is 3.02. The van der Waals surface area contributed by atoms with E-state index in [1.54, 1.807) is 30.7 Å². The van der Waals surface area contributed by atoms with Crippen molar-refractivity contribution in [3.05, 3.63) is 114 Å². The Morgan fingerprint density at radius 3 is 2.48 bits per heavy atom. The first-order valence-electron chi connectivity index (χ1n) is 13.6. The minimum atomic E-state index is -0.115. The Hall–Kier alpha value is -4.86. The number of hydrogen-bond acceptors (Lipinski definition) is 5. The highest BCUT2D eigenvalue weighted by molar-refractivity contribution is 6.11. The maximum Gasteiger partial charge on any atom is 0.259 e. The minimum absolute atomic E-state index is 0.0299. The van der Waals surface area contributed by atoms with Gasteiger partial charge in [0.2, 0.25) is 0 Å². The highest BCUT2D eigenvalue weighted by Gasteiger charge is 2.30. The van der Waals surface area contributed by atoms with E-state index >= 15 is 0 Å². The highest BCUT2D eigenvalue weighted by Crippen LogP contribution is 2.33. The summed E-state index contributed by atoms with van der Waals surface area (Å²) in [5, 5.41) is 15.4. The predicted molar refractivity (Wildman–Crippen MR) is 159 cm³/mol. The van der Waals surface area contributed by atoms with E-state index in [1.807, 2.05) is 59.5 Å². The Morgan fingerprint density at radius 1 is 0.950 bits per heavy atom. The number of carbonyl (C=O) groups is 1. The smallest absolute Gasteiger partial charge is 0.259 e. The topological polar surface area (TPSA) is 81.9 Å². The third-order valence-corrected chi connectivity index (χ3v) is 7.66. The number of pyridine rings is 2. The van der Waals surface area contributed by atoms with E-state index in [0.717, 1.165) is 58.0 Å². The van der Waals surface area contributed by atoms with E-state index in [0.29, 0.717) is 23.5 Å². The summed E-state index contributed by atoms with van der Waals surface area (Å²) < 4.78 is 0. The molecule has 1 N–H and O–H groups in total. The van der Waals surface area contributed by atoms with E-state index in [9.17, 15) is 10.1 Å². The maximum atomic E-state index is 14.4. The number of nitriles is 1. The van der Waals surface area contributed by atoms with E-state index in [1.165, 1.54) is 0 Å². The molecule has 0 spiro atoms. The molecule has 6 nitrogen and oxygen atoms in total. The number of piperidine rings is 1. The molecule has 0 unspecified atom stereocenters. The predicted octanol–water partition coefficient (Wildman–Crippen LogP) is 6.54. The minimum Gasteiger partial charge on any atom is -0.315 e. The maximum absolute atomic E-state index is 14.4. The van der Waals surface area contributed by atoms with E-state index in [-0.39, 0.29) is 11.9 Å². The molecule has 0 aliphatic carbocycles. The van der Waals surface area contributed by atoms with Crippen LogP contribution in [0.5, 0.6) is 0 Å². The molecule has 0 bridgehead atoms. The van der Waals surface area contributed by atoms with Crippen LogP contribution in [0.15, 0.2) is 97.5 Å². The highest BCUT2D eigenvalue weighted by atomic mass is 16.2. The molecule has 0 radical (unpaired) electrons. The number of rotatable bonds is 5. The van der Waals surface area contributed by atoms with Crippen LogP contribution in [0.3, 0.4) is 0 Å². The monoisotopic (exact) mass is 523 g/mol. The second kappa shape index (κ2) is 11.1. The lowest BCUT2D eigenvalue weighted by molar-refractivity contribution is 0.0972. The third-order valence-electron chi connectivity index (χ3n) is 7.66. The first-order valence-corrected chi connectivity index (χ1v) is 13.6. The second-order valence-corrected chi connectivity index (χ2v) is 10.2. The molecule has 3 heterocycles. The van der Waals surface area contributed by atoms with Gasteiger partial charge in [0.05, 0.1) is 17.7 Å². The van der Waals surface area contributed by atoms with Crippen LogP contribution in [0.4, 0.5) is 5.82 Å². The zero-order chi connectivity index (χ0) is 27.5. The summed E-state index contributed by atoms with van der Waals surface area (Å²) in [4.78, 5) is 25.1. The Kier molecular flexibility index (Phi) is 7.05. The van der Waals surface area contributed by atoms with Crippen molar-refractivity contribution in [1.29, 1.82) is 5.26 Å². The van der Waals surface area contributed by atoms with Crippen molar-refractivity contribution in [2.24, 2.45) is 0 Å². The van der Waals surface area contributed by atoms with E-state index in [2.05, 4.69) is 35.4 Å². The largest absolute Gasteiger partial charge is 0.315 e. The first-order chi connectivity index (χ1) is 19.6. The van der Waals surface area contributed by atoms with Gasteiger partial charge in [-0.15, -0.1) is 0 Å². The number of aromatic nitrogens is 2. The number of aryl methyl sites for hydroxylation is 1. The fourth-order valence-electron chi connectivity index (χ4n) is 5.60. The van der Waals surface area contributed by atoms with Crippen molar-refractivity contribution in [3.8, 4) is 28.3 Å². The molecule has 1 aliphatic heterocycles. The zero-order valence-corrected chi connectivity index (χ0v) is 22.3. The molecule has 196 valence electrons. The Bertz CT molecular complexity index is 1710. The van der Waals surface area contributed by atoms with Gasteiger partial charge in [-0.1, -0.05) is 42.5 Å².